The molecule has 1 fully saturated rings. The summed E-state index contributed by atoms with van der Waals surface area (Å²) in [5.41, 5.74) is -0.959. The van der Waals surface area contributed by atoms with Gasteiger partial charge in [0.15, 0.2) is 17.3 Å². The topological polar surface area (TPSA) is 200 Å². The maximum absolute atomic E-state index is 13.3. The normalized spacial score (nSPS) is 24.8. The van der Waals surface area contributed by atoms with E-state index in [0.717, 1.165) is 12.1 Å². The zero-order valence-corrected chi connectivity index (χ0v) is 17.7. The summed E-state index contributed by atoms with van der Waals surface area (Å²) in [6.07, 6.45) is -8.29. The molecule has 7 N–H and O–H groups in total. The third-order valence-corrected chi connectivity index (χ3v) is 5.44. The highest BCUT2D eigenvalue weighted by molar-refractivity contribution is 5.88. The Hall–Kier alpha value is -3.55. The second-order valence-electron chi connectivity index (χ2n) is 7.63. The van der Waals surface area contributed by atoms with Gasteiger partial charge in [0.2, 0.25) is 17.5 Å². The molecule has 0 bridgehead atoms. The number of benzene rings is 2. The maximum Gasteiger partial charge on any atom is 0.239 e. The highest BCUT2D eigenvalue weighted by atomic mass is 16.7. The molecule has 0 spiro atoms. The highest BCUT2D eigenvalue weighted by Crippen LogP contribution is 2.39. The van der Waals surface area contributed by atoms with Gasteiger partial charge in [-0.05, 0) is 18.2 Å². The third-order valence-electron chi connectivity index (χ3n) is 5.44. The number of aliphatic hydroxyl groups is 4. The minimum Gasteiger partial charge on any atom is -0.508 e. The Morgan fingerprint density at radius 2 is 1.71 bits per heavy atom. The van der Waals surface area contributed by atoms with E-state index in [-0.39, 0.29) is 39.5 Å². The number of hydrogen-bond donors (Lipinski definition) is 7. The predicted octanol–water partition coefficient (Wildman–Crippen LogP) is -0.236. The molecule has 0 amide bonds. The molecule has 0 saturated carbocycles. The van der Waals surface area contributed by atoms with Gasteiger partial charge < -0.3 is 54.4 Å². The van der Waals surface area contributed by atoms with Crippen LogP contribution in [0.5, 0.6) is 28.7 Å². The minimum atomic E-state index is -1.83. The summed E-state index contributed by atoms with van der Waals surface area (Å²) in [6, 6.07) is 5.96. The van der Waals surface area contributed by atoms with Crippen LogP contribution in [0.15, 0.2) is 39.5 Å². The average molecular weight is 478 g/mol. The van der Waals surface area contributed by atoms with Crippen molar-refractivity contribution in [3.05, 3.63) is 40.6 Å². The zero-order chi connectivity index (χ0) is 24.7. The highest BCUT2D eigenvalue weighted by Gasteiger charge is 2.45. The molecule has 182 valence electrons. The molecule has 1 aliphatic heterocycles. The Morgan fingerprint density at radius 1 is 0.971 bits per heavy atom. The van der Waals surface area contributed by atoms with Crippen LogP contribution in [0, 0.1) is 0 Å². The summed E-state index contributed by atoms with van der Waals surface area (Å²) in [5, 5.41) is 69.4. The van der Waals surface area contributed by atoms with Gasteiger partial charge in [-0.3, -0.25) is 4.79 Å². The summed E-state index contributed by atoms with van der Waals surface area (Å²) >= 11 is 0. The fourth-order valence-electron chi connectivity index (χ4n) is 3.67. The molecule has 34 heavy (non-hydrogen) atoms. The van der Waals surface area contributed by atoms with Crippen LogP contribution in [-0.4, -0.2) is 80.2 Å². The molecule has 2 aromatic carbocycles. The Bertz CT molecular complexity index is 1270. The van der Waals surface area contributed by atoms with Crippen LogP contribution in [0.25, 0.3) is 22.3 Å². The van der Waals surface area contributed by atoms with Crippen molar-refractivity contribution >= 4 is 11.0 Å². The molecule has 4 rings (SSSR count). The number of phenolic OH excluding ortho intramolecular Hbond substituents is 3. The van der Waals surface area contributed by atoms with E-state index in [1.807, 2.05) is 0 Å². The molecular weight excluding hydrogens is 456 g/mol. The zero-order valence-electron chi connectivity index (χ0n) is 17.7. The quantitative estimate of drug-likeness (QED) is 0.254. The maximum atomic E-state index is 13.3. The van der Waals surface area contributed by atoms with Crippen LogP contribution < -0.4 is 14.9 Å². The van der Waals surface area contributed by atoms with Crippen LogP contribution in [-0.2, 0) is 4.74 Å². The van der Waals surface area contributed by atoms with E-state index in [0.29, 0.717) is 0 Å². The number of rotatable bonds is 5. The molecule has 12 nitrogen and oxygen atoms in total. The van der Waals surface area contributed by atoms with E-state index < -0.39 is 54.2 Å². The number of ether oxygens (including phenoxy) is 3. The van der Waals surface area contributed by atoms with Gasteiger partial charge in [-0.2, -0.15) is 0 Å². The summed E-state index contributed by atoms with van der Waals surface area (Å²) in [6.45, 7) is -0.723. The van der Waals surface area contributed by atoms with Gasteiger partial charge in [0.1, 0.15) is 46.9 Å². The lowest BCUT2D eigenvalue weighted by Gasteiger charge is -2.39. The molecule has 5 atom stereocenters. The lowest BCUT2D eigenvalue weighted by atomic mass is 9.99. The van der Waals surface area contributed by atoms with Crippen molar-refractivity contribution in [1.82, 2.24) is 0 Å². The Kier molecular flexibility index (Phi) is 6.25. The van der Waals surface area contributed by atoms with E-state index in [2.05, 4.69) is 0 Å². The van der Waals surface area contributed by atoms with Gasteiger partial charge in [0.25, 0.3) is 0 Å². The number of methoxy groups -OCH3 is 1. The van der Waals surface area contributed by atoms with Crippen LogP contribution in [0.4, 0.5) is 0 Å². The van der Waals surface area contributed by atoms with Crippen LogP contribution >= 0.6 is 0 Å². The first-order valence-electron chi connectivity index (χ1n) is 10.0. The summed E-state index contributed by atoms with van der Waals surface area (Å²) in [4.78, 5) is 13.3. The summed E-state index contributed by atoms with van der Waals surface area (Å²) in [5.74, 6) is -2.00. The predicted molar refractivity (Wildman–Crippen MR) is 114 cm³/mol. The SMILES string of the molecule is COc1cc(-c2oc3cc(O)cc(O)c3c(=O)c2OC2O[C@@H](CO)[C@@H](O)[C@@H](O)[C@@H]2O)ccc1O. The molecule has 1 aliphatic rings. The standard InChI is InChI=1S/C22H22O12/c1-31-12-4-8(2-3-10(12)25)20-21(17(28)15-11(26)5-9(24)6-13(15)32-20)34-22-19(30)18(29)16(27)14(7-23)33-22/h2-6,14,16,18-19,22-27,29-30H,7H2,1H3/t14-,16+,18+,19-,22?/m0/s1. The number of aromatic hydroxyl groups is 3. The Morgan fingerprint density at radius 3 is 2.38 bits per heavy atom. The van der Waals surface area contributed by atoms with Crippen LogP contribution in [0.3, 0.4) is 0 Å². The lowest BCUT2D eigenvalue weighted by molar-refractivity contribution is -0.277. The second-order valence-corrected chi connectivity index (χ2v) is 7.63. The van der Waals surface area contributed by atoms with Gasteiger partial charge in [0.05, 0.1) is 13.7 Å². The molecule has 0 aliphatic carbocycles. The third kappa shape index (κ3) is 3.97. The minimum absolute atomic E-state index is 0.0257. The smallest absolute Gasteiger partial charge is 0.239 e. The summed E-state index contributed by atoms with van der Waals surface area (Å²) in [7, 11) is 1.30. The molecule has 12 heteroatoms. The van der Waals surface area contributed by atoms with Gasteiger partial charge in [0, 0.05) is 17.7 Å². The Balaban J connectivity index is 1.92. The van der Waals surface area contributed by atoms with Crippen molar-refractivity contribution in [3.8, 4) is 40.1 Å². The van der Waals surface area contributed by atoms with Crippen molar-refractivity contribution in [2.45, 2.75) is 30.7 Å². The lowest BCUT2D eigenvalue weighted by Crippen LogP contribution is -2.60. The van der Waals surface area contributed by atoms with E-state index >= 15 is 0 Å². The first kappa shape index (κ1) is 23.6. The first-order valence-corrected chi connectivity index (χ1v) is 10.0. The Labute approximate surface area is 191 Å². The van der Waals surface area contributed by atoms with E-state index in [1.54, 1.807) is 0 Å². The molecule has 2 heterocycles. The van der Waals surface area contributed by atoms with Crippen molar-refractivity contribution in [2.75, 3.05) is 13.7 Å². The van der Waals surface area contributed by atoms with Crippen molar-refractivity contribution < 1.29 is 54.4 Å². The monoisotopic (exact) mass is 478 g/mol. The molecule has 0 radical (unpaired) electrons. The summed E-state index contributed by atoms with van der Waals surface area (Å²) < 4.78 is 21.8. The average Bonchev–Trinajstić information content (AvgIpc) is 2.80. The number of fused-ring (bicyclic) bond motifs is 1. The van der Waals surface area contributed by atoms with Gasteiger partial charge >= 0.3 is 0 Å². The second kappa shape index (κ2) is 9.00. The van der Waals surface area contributed by atoms with Crippen molar-refractivity contribution in [2.24, 2.45) is 0 Å². The van der Waals surface area contributed by atoms with Crippen molar-refractivity contribution in [1.29, 1.82) is 0 Å². The van der Waals surface area contributed by atoms with Crippen molar-refractivity contribution in [3.63, 3.8) is 0 Å². The molecule has 1 aromatic heterocycles. The van der Waals surface area contributed by atoms with Gasteiger partial charge in [-0.25, -0.2) is 0 Å². The first-order chi connectivity index (χ1) is 16.2. The van der Waals surface area contributed by atoms with Crippen LogP contribution in [0.1, 0.15) is 0 Å². The van der Waals surface area contributed by atoms with E-state index in [9.17, 15) is 40.5 Å². The fourth-order valence-corrected chi connectivity index (χ4v) is 3.67. The largest absolute Gasteiger partial charge is 0.508 e. The molecule has 1 unspecified atom stereocenters. The molecular formula is C22H22O12. The van der Waals surface area contributed by atoms with Crippen LogP contribution in [0.2, 0.25) is 0 Å². The number of hydrogen-bond acceptors (Lipinski definition) is 12. The number of aliphatic hydroxyl groups excluding tert-OH is 4. The van der Waals surface area contributed by atoms with Gasteiger partial charge in [-0.1, -0.05) is 0 Å². The van der Waals surface area contributed by atoms with E-state index in [1.165, 1.54) is 25.3 Å². The van der Waals surface area contributed by atoms with Gasteiger partial charge in [-0.15, -0.1) is 0 Å². The molecule has 3 aromatic rings. The van der Waals surface area contributed by atoms with E-state index in [4.69, 9.17) is 18.6 Å². The number of phenols is 3. The fraction of sp³-hybridized carbons (Fsp3) is 0.318. The molecule has 1 saturated heterocycles.